The Hall–Kier alpha value is -1.79. The zero-order valence-corrected chi connectivity index (χ0v) is 14.5. The fraction of sp³-hybridized carbons (Fsp3) is 0.588. The highest BCUT2D eigenvalue weighted by atomic mass is 16.5. The van der Waals surface area contributed by atoms with Gasteiger partial charge in [0.25, 0.3) is 0 Å². The fourth-order valence-corrected chi connectivity index (χ4v) is 1.98. The first-order valence-corrected chi connectivity index (χ1v) is 7.92. The minimum atomic E-state index is -0.656. The van der Waals surface area contributed by atoms with Gasteiger partial charge in [-0.3, -0.25) is 9.69 Å². The van der Waals surface area contributed by atoms with Crippen LogP contribution in [0.25, 0.3) is 0 Å². The van der Waals surface area contributed by atoms with E-state index in [1.807, 2.05) is 43.0 Å². The van der Waals surface area contributed by atoms with Gasteiger partial charge in [-0.05, 0) is 37.7 Å². The van der Waals surface area contributed by atoms with Crippen molar-refractivity contribution in [3.8, 4) is 11.5 Å². The summed E-state index contributed by atoms with van der Waals surface area (Å²) in [5.41, 5.74) is 0. The summed E-state index contributed by atoms with van der Waals surface area (Å²) in [5.74, 6) is 1.49. The Morgan fingerprint density at radius 3 is 2.17 bits per heavy atom. The average molecular weight is 324 g/mol. The van der Waals surface area contributed by atoms with Crippen LogP contribution in [0.5, 0.6) is 11.5 Å². The highest BCUT2D eigenvalue weighted by Gasteiger charge is 2.15. The lowest BCUT2D eigenvalue weighted by Crippen LogP contribution is -2.41. The molecule has 0 aliphatic carbocycles. The number of hydrogen-bond donors (Lipinski definition) is 1. The molecule has 0 saturated heterocycles. The molecule has 23 heavy (non-hydrogen) atoms. The molecule has 0 aliphatic rings. The van der Waals surface area contributed by atoms with Crippen LogP contribution in [0, 0.1) is 0 Å². The Balaban J connectivity index is 2.39. The van der Waals surface area contributed by atoms with Crippen LogP contribution in [-0.4, -0.2) is 73.9 Å². The van der Waals surface area contributed by atoms with Crippen molar-refractivity contribution < 1.29 is 19.4 Å². The normalized spacial score (nSPS) is 12.1. The molecule has 1 N–H and O–H groups in total. The van der Waals surface area contributed by atoms with E-state index in [1.54, 1.807) is 19.0 Å². The molecule has 6 heteroatoms. The molecule has 0 aliphatic heterocycles. The van der Waals surface area contributed by atoms with Crippen molar-refractivity contribution in [3.05, 3.63) is 24.3 Å². The zero-order valence-electron chi connectivity index (χ0n) is 14.5. The van der Waals surface area contributed by atoms with Crippen molar-refractivity contribution in [2.45, 2.75) is 20.0 Å². The highest BCUT2D eigenvalue weighted by Crippen LogP contribution is 2.17. The third-order valence-corrected chi connectivity index (χ3v) is 3.35. The largest absolute Gasteiger partial charge is 0.494 e. The second kappa shape index (κ2) is 10.1. The Morgan fingerprint density at radius 2 is 1.70 bits per heavy atom. The third kappa shape index (κ3) is 7.34. The summed E-state index contributed by atoms with van der Waals surface area (Å²) in [7, 11) is 3.45. The molecule has 6 nitrogen and oxygen atoms in total. The van der Waals surface area contributed by atoms with Gasteiger partial charge in [-0.1, -0.05) is 6.92 Å². The Kier molecular flexibility index (Phi) is 8.43. The summed E-state index contributed by atoms with van der Waals surface area (Å²) in [4.78, 5) is 15.2. The predicted octanol–water partition coefficient (Wildman–Crippen LogP) is 1.24. The van der Waals surface area contributed by atoms with Crippen LogP contribution in [0.15, 0.2) is 24.3 Å². The van der Waals surface area contributed by atoms with Crippen molar-refractivity contribution in [1.82, 2.24) is 9.80 Å². The lowest BCUT2D eigenvalue weighted by atomic mass is 10.3. The number of carbonyl (C=O) groups is 1. The van der Waals surface area contributed by atoms with Crippen LogP contribution in [0.1, 0.15) is 13.8 Å². The smallest absolute Gasteiger partial charge is 0.236 e. The highest BCUT2D eigenvalue weighted by molar-refractivity contribution is 5.77. The molecule has 0 radical (unpaired) electrons. The van der Waals surface area contributed by atoms with Crippen molar-refractivity contribution in [1.29, 1.82) is 0 Å². The number of ether oxygens (including phenoxy) is 2. The minimum Gasteiger partial charge on any atom is -0.494 e. The maximum absolute atomic E-state index is 11.7. The molecule has 1 aromatic carbocycles. The predicted molar refractivity (Wildman–Crippen MR) is 89.9 cm³/mol. The molecule has 0 bridgehead atoms. The SMILES string of the molecule is CCOc1ccc(OCC(O)CN(CC)CC(=O)N(C)C)cc1. The summed E-state index contributed by atoms with van der Waals surface area (Å²) in [6.45, 7) is 6.08. The second-order valence-electron chi connectivity index (χ2n) is 5.49. The standard InChI is InChI=1S/C17H28N2O4/c1-5-19(12-17(21)18(3)4)11-14(20)13-23-16-9-7-15(8-10-16)22-6-2/h7-10,14,20H,5-6,11-13H2,1-4H3. The Morgan fingerprint density at radius 1 is 1.13 bits per heavy atom. The van der Waals surface area contributed by atoms with Crippen molar-refractivity contribution in [3.63, 3.8) is 0 Å². The summed E-state index contributed by atoms with van der Waals surface area (Å²) in [5, 5.41) is 10.1. The number of hydrogen-bond acceptors (Lipinski definition) is 5. The maximum atomic E-state index is 11.7. The molecule has 1 rings (SSSR count). The van der Waals surface area contributed by atoms with E-state index in [0.717, 1.165) is 5.75 Å². The quantitative estimate of drug-likeness (QED) is 0.701. The van der Waals surface area contributed by atoms with E-state index in [-0.39, 0.29) is 12.5 Å². The first kappa shape index (κ1) is 19.3. The van der Waals surface area contributed by atoms with Crippen LogP contribution in [0.3, 0.4) is 0 Å². The Bertz CT molecular complexity index is 462. The molecule has 0 saturated carbocycles. The summed E-state index contributed by atoms with van der Waals surface area (Å²) < 4.78 is 10.9. The maximum Gasteiger partial charge on any atom is 0.236 e. The van der Waals surface area contributed by atoms with Gasteiger partial charge >= 0.3 is 0 Å². The van der Waals surface area contributed by atoms with Gasteiger partial charge < -0.3 is 19.5 Å². The summed E-state index contributed by atoms with van der Waals surface area (Å²) >= 11 is 0. The third-order valence-electron chi connectivity index (χ3n) is 3.35. The van der Waals surface area contributed by atoms with E-state index >= 15 is 0 Å². The lowest BCUT2D eigenvalue weighted by molar-refractivity contribution is -0.130. The number of nitrogens with zero attached hydrogens (tertiary/aromatic N) is 2. The van der Waals surface area contributed by atoms with Crippen molar-refractivity contribution in [2.24, 2.45) is 0 Å². The van der Waals surface area contributed by atoms with Crippen molar-refractivity contribution >= 4 is 5.91 Å². The first-order chi connectivity index (χ1) is 11.0. The number of rotatable bonds is 10. The molecule has 0 spiro atoms. The second-order valence-corrected chi connectivity index (χ2v) is 5.49. The van der Waals surface area contributed by atoms with Gasteiger partial charge in [-0.15, -0.1) is 0 Å². The van der Waals surface area contributed by atoms with Crippen LogP contribution in [-0.2, 0) is 4.79 Å². The average Bonchev–Trinajstić information content (AvgIpc) is 2.53. The molecule has 1 atom stereocenters. The van der Waals surface area contributed by atoms with Crippen LogP contribution >= 0.6 is 0 Å². The molecular weight excluding hydrogens is 296 g/mol. The topological polar surface area (TPSA) is 62.2 Å². The first-order valence-electron chi connectivity index (χ1n) is 7.92. The molecule has 1 unspecified atom stereocenters. The number of likely N-dealkylation sites (N-methyl/N-ethyl adjacent to an activating group) is 2. The van der Waals surface area contributed by atoms with E-state index in [1.165, 1.54) is 0 Å². The number of amides is 1. The Labute approximate surface area is 138 Å². The van der Waals surface area contributed by atoms with E-state index in [9.17, 15) is 9.90 Å². The molecule has 0 heterocycles. The zero-order chi connectivity index (χ0) is 17.2. The number of aliphatic hydroxyl groups is 1. The summed E-state index contributed by atoms with van der Waals surface area (Å²) in [6.07, 6.45) is -0.656. The molecule has 0 aromatic heterocycles. The molecular formula is C17H28N2O4. The van der Waals surface area contributed by atoms with Crippen LogP contribution in [0.4, 0.5) is 0 Å². The van der Waals surface area contributed by atoms with Gasteiger partial charge in [0.05, 0.1) is 13.2 Å². The minimum absolute atomic E-state index is 0.0199. The lowest BCUT2D eigenvalue weighted by Gasteiger charge is -2.24. The number of aliphatic hydroxyl groups excluding tert-OH is 1. The molecule has 1 amide bonds. The van der Waals surface area contributed by atoms with Gasteiger partial charge in [0.2, 0.25) is 5.91 Å². The van der Waals surface area contributed by atoms with Gasteiger partial charge in [0.15, 0.2) is 0 Å². The van der Waals surface area contributed by atoms with E-state index < -0.39 is 6.10 Å². The monoisotopic (exact) mass is 324 g/mol. The van der Waals surface area contributed by atoms with E-state index in [4.69, 9.17) is 9.47 Å². The molecule has 130 valence electrons. The van der Waals surface area contributed by atoms with Gasteiger partial charge in [-0.2, -0.15) is 0 Å². The van der Waals surface area contributed by atoms with Crippen molar-refractivity contribution in [2.75, 3.05) is 46.9 Å². The molecule has 0 fully saturated rings. The molecule has 1 aromatic rings. The van der Waals surface area contributed by atoms with Gasteiger partial charge in [-0.25, -0.2) is 0 Å². The van der Waals surface area contributed by atoms with Gasteiger partial charge in [0, 0.05) is 20.6 Å². The fourth-order valence-electron chi connectivity index (χ4n) is 1.98. The number of benzene rings is 1. The van der Waals surface area contributed by atoms with Gasteiger partial charge in [0.1, 0.15) is 24.2 Å². The van der Waals surface area contributed by atoms with E-state index in [2.05, 4.69) is 0 Å². The summed E-state index contributed by atoms with van der Waals surface area (Å²) in [6, 6.07) is 7.29. The van der Waals surface area contributed by atoms with E-state index in [0.29, 0.717) is 32.0 Å². The number of carbonyl (C=O) groups excluding carboxylic acids is 1. The van der Waals surface area contributed by atoms with Crippen LogP contribution in [0.2, 0.25) is 0 Å². The van der Waals surface area contributed by atoms with Crippen LogP contribution < -0.4 is 9.47 Å².